The molecule has 1 saturated heterocycles. The van der Waals surface area contributed by atoms with Crippen molar-refractivity contribution in [1.29, 1.82) is 0 Å². The molecule has 4 aliphatic rings. The van der Waals surface area contributed by atoms with Crippen molar-refractivity contribution in [2.45, 2.75) is 135 Å². The number of fused-ring (bicyclic) bond motifs is 5. The largest absolute Gasteiger partial charge is 0.456 e. The first kappa shape index (κ1) is 49.7. The lowest BCUT2D eigenvalue weighted by Crippen LogP contribution is -2.82. The summed E-state index contributed by atoms with van der Waals surface area (Å²) >= 11 is 0. The number of carbonyl (C=O) groups is 6. The number of nitrogens with one attached hydrogen (secondary N) is 1. The van der Waals surface area contributed by atoms with Crippen molar-refractivity contribution in [3.05, 3.63) is 118 Å². The average molecular weight is 912 g/mol. The topological polar surface area (TPSA) is 221 Å². The maximum absolute atomic E-state index is 15.5. The minimum Gasteiger partial charge on any atom is -0.456 e. The second-order valence-electron chi connectivity index (χ2n) is 18.6. The third-order valence-corrected chi connectivity index (χ3v) is 13.8. The van der Waals surface area contributed by atoms with Gasteiger partial charge in [0.05, 0.1) is 35.6 Å². The highest BCUT2D eigenvalue weighted by Gasteiger charge is 2.78. The van der Waals surface area contributed by atoms with Gasteiger partial charge in [-0.2, -0.15) is 0 Å². The zero-order valence-electron chi connectivity index (χ0n) is 38.9. The highest BCUT2D eigenvalue weighted by molar-refractivity contribution is 5.96. The molecule has 2 bridgehead atoms. The number of carbonyl (C=O) groups excluding carboxylic acids is 6. The maximum Gasteiger partial charge on any atom is 0.338 e. The fourth-order valence-electron chi connectivity index (χ4n) is 10.3. The quantitative estimate of drug-likeness (QED) is 0.113. The molecule has 15 heteroatoms. The van der Waals surface area contributed by atoms with Crippen LogP contribution in [0.2, 0.25) is 0 Å². The molecule has 1 unspecified atom stereocenters. The molecular formula is C51H61NO14. The van der Waals surface area contributed by atoms with Crippen molar-refractivity contribution in [3.63, 3.8) is 0 Å². The number of Topliss-reactive ketones (excluding diaryl/α,β-unsaturated/α-hetero) is 1. The molecule has 66 heavy (non-hydrogen) atoms. The Morgan fingerprint density at radius 1 is 0.833 bits per heavy atom. The Kier molecular flexibility index (Phi) is 14.5. The zero-order valence-corrected chi connectivity index (χ0v) is 38.9. The van der Waals surface area contributed by atoms with E-state index in [0.717, 1.165) is 19.4 Å². The number of hydrogen-bond donors (Lipinski definition) is 4. The van der Waals surface area contributed by atoms with Gasteiger partial charge in [-0.05, 0) is 61.7 Å². The highest BCUT2D eigenvalue weighted by Crippen LogP contribution is 2.64. The molecule has 2 saturated carbocycles. The van der Waals surface area contributed by atoms with Crippen LogP contribution >= 0.6 is 0 Å². The number of hydrogen-bond acceptors (Lipinski definition) is 14. The van der Waals surface area contributed by atoms with Crippen molar-refractivity contribution in [1.82, 2.24) is 5.32 Å². The number of aliphatic hydroxyl groups excluding tert-OH is 2. The Bertz CT molecular complexity index is 2350. The van der Waals surface area contributed by atoms with Gasteiger partial charge in [0, 0.05) is 37.7 Å². The fraction of sp³-hybridized carbons (Fsp3) is 0.490. The van der Waals surface area contributed by atoms with Gasteiger partial charge in [-0.15, -0.1) is 0 Å². The number of ketones is 1. The first-order valence-electron chi connectivity index (χ1n) is 22.3. The van der Waals surface area contributed by atoms with E-state index in [-0.39, 0.29) is 35.3 Å². The van der Waals surface area contributed by atoms with E-state index in [4.69, 9.17) is 23.7 Å². The molecule has 1 amide bonds. The number of rotatable bonds is 10. The van der Waals surface area contributed by atoms with Gasteiger partial charge in [-0.1, -0.05) is 100 Å². The summed E-state index contributed by atoms with van der Waals surface area (Å²) in [6, 6.07) is 21.5. The van der Waals surface area contributed by atoms with Crippen LogP contribution in [-0.4, -0.2) is 105 Å². The first-order valence-corrected chi connectivity index (χ1v) is 22.3. The first-order chi connectivity index (χ1) is 31.1. The summed E-state index contributed by atoms with van der Waals surface area (Å²) in [6.45, 7) is 14.1. The molecule has 3 aromatic carbocycles. The highest BCUT2D eigenvalue weighted by atomic mass is 16.6. The Balaban J connectivity index is 0.00000234. The van der Waals surface area contributed by atoms with Gasteiger partial charge in [0.2, 0.25) is 0 Å². The molecule has 1 heterocycles. The van der Waals surface area contributed by atoms with E-state index in [1.165, 1.54) is 32.4 Å². The second-order valence-corrected chi connectivity index (χ2v) is 18.6. The molecule has 4 N–H and O–H groups in total. The van der Waals surface area contributed by atoms with E-state index in [0.29, 0.717) is 5.56 Å². The number of aliphatic hydroxyl groups is 3. The molecule has 15 nitrogen and oxygen atoms in total. The molecule has 7 rings (SSSR count). The summed E-state index contributed by atoms with van der Waals surface area (Å²) in [5.41, 5.74) is -6.10. The number of ether oxygens (including phenoxy) is 5. The van der Waals surface area contributed by atoms with Crippen LogP contribution in [0, 0.1) is 23.7 Å². The Labute approximate surface area is 384 Å². The van der Waals surface area contributed by atoms with Crippen molar-refractivity contribution in [2.24, 2.45) is 16.7 Å². The van der Waals surface area contributed by atoms with Crippen LogP contribution in [0.25, 0.3) is 0 Å². The van der Waals surface area contributed by atoms with Gasteiger partial charge < -0.3 is 44.3 Å². The Morgan fingerprint density at radius 3 is 1.97 bits per heavy atom. The van der Waals surface area contributed by atoms with E-state index in [9.17, 15) is 39.3 Å². The lowest BCUT2D eigenvalue weighted by atomic mass is 9.44. The van der Waals surface area contributed by atoms with Gasteiger partial charge in [0.25, 0.3) is 5.91 Å². The molecule has 3 fully saturated rings. The smallest absolute Gasteiger partial charge is 0.338 e. The third-order valence-electron chi connectivity index (χ3n) is 13.8. The molecule has 0 aromatic heterocycles. The van der Waals surface area contributed by atoms with Gasteiger partial charge >= 0.3 is 23.9 Å². The normalized spacial score (nSPS) is 30.4. The molecule has 354 valence electrons. The summed E-state index contributed by atoms with van der Waals surface area (Å²) in [7, 11) is 0. The van der Waals surface area contributed by atoms with Crippen LogP contribution in [0.15, 0.2) is 96.1 Å². The molecule has 0 radical (unpaired) electrons. The van der Waals surface area contributed by atoms with Crippen molar-refractivity contribution in [2.75, 3.05) is 6.61 Å². The zero-order chi connectivity index (χ0) is 48.5. The summed E-state index contributed by atoms with van der Waals surface area (Å²) < 4.78 is 30.3. The second kappa shape index (κ2) is 19.2. The van der Waals surface area contributed by atoms with E-state index in [1.54, 1.807) is 86.6 Å². The van der Waals surface area contributed by atoms with Crippen molar-refractivity contribution >= 4 is 35.6 Å². The predicted octanol–water partition coefficient (Wildman–Crippen LogP) is 5.46. The van der Waals surface area contributed by atoms with Gasteiger partial charge in [0.15, 0.2) is 23.6 Å². The van der Waals surface area contributed by atoms with Gasteiger partial charge in [0.1, 0.15) is 23.9 Å². The molecule has 3 aliphatic carbocycles. The van der Waals surface area contributed by atoms with E-state index >= 15 is 4.79 Å². The Hall–Kier alpha value is -5.74. The summed E-state index contributed by atoms with van der Waals surface area (Å²) in [4.78, 5) is 83.7. The monoisotopic (exact) mass is 911 g/mol. The van der Waals surface area contributed by atoms with Gasteiger partial charge in [-0.3, -0.25) is 19.2 Å². The Morgan fingerprint density at radius 2 is 1.42 bits per heavy atom. The molecule has 3 aromatic rings. The van der Waals surface area contributed by atoms with Crippen LogP contribution < -0.4 is 5.32 Å². The molecular weight excluding hydrogens is 851 g/mol. The predicted molar refractivity (Wildman–Crippen MR) is 238 cm³/mol. The van der Waals surface area contributed by atoms with Crippen molar-refractivity contribution in [3.8, 4) is 0 Å². The number of amides is 1. The minimum absolute atomic E-state index is 0.00261. The fourth-order valence-corrected chi connectivity index (χ4v) is 10.3. The summed E-state index contributed by atoms with van der Waals surface area (Å²) in [6.07, 6.45) is -9.27. The van der Waals surface area contributed by atoms with Gasteiger partial charge in [-0.25, -0.2) is 9.59 Å². The van der Waals surface area contributed by atoms with Crippen LogP contribution in [0.3, 0.4) is 0 Å². The number of esters is 4. The maximum atomic E-state index is 15.5. The van der Waals surface area contributed by atoms with E-state index in [1.807, 2.05) is 6.92 Å². The summed E-state index contributed by atoms with van der Waals surface area (Å²) in [5.74, 6) is -6.84. The van der Waals surface area contributed by atoms with E-state index < -0.39 is 113 Å². The standard InChI is InChI=1S/C48H53NO14.C3H8/c1-25-18-20-30(21-19-25)42(55)49-36(29-14-10-8-11-15-29)37(53)44(57)61-32-23-48(58)41(62-43(56)31-16-12-9-13-17-31)39-46(7,33(52)22-34-47(39,24-59-34)63-28(4)51)40(54)38(60-27(3)50)35(26(32)2)45(48,5)6;1-3-2/h8-21,32-34,36-39,41,52-53,58H,22-24H2,1-7H3,(H,49,55);3H2,1-2H3/t32-,33-,34+,36?,37+,38+,39-,41-,46+,47-,48+;/m0./s1. The third kappa shape index (κ3) is 8.81. The molecule has 11 atom stereocenters. The van der Waals surface area contributed by atoms with Crippen LogP contribution in [-0.2, 0) is 42.9 Å². The summed E-state index contributed by atoms with van der Waals surface area (Å²) in [5, 5.41) is 40.3. The van der Waals surface area contributed by atoms with Crippen LogP contribution in [0.5, 0.6) is 0 Å². The molecule has 1 aliphatic heterocycles. The lowest BCUT2D eigenvalue weighted by molar-refractivity contribution is -0.346. The van der Waals surface area contributed by atoms with E-state index in [2.05, 4.69) is 19.2 Å². The molecule has 0 spiro atoms. The minimum atomic E-state index is -2.39. The van der Waals surface area contributed by atoms with Crippen LogP contribution in [0.1, 0.15) is 113 Å². The SMILES string of the molecule is CC(=O)O[C@H]1C(=O)[C@@]2(C)[C@H]([C@H](OC(=O)c3ccccc3)[C@]3(O)C[C@H](OC(=O)[C@H](O)C(NC(=O)c4ccc(C)cc4)c4ccccc4)C(C)=C1C3(C)C)[C@]1(OC(C)=O)CO[C@@H]1C[C@@H]2O.CCC. The average Bonchev–Trinajstić information content (AvgIpc) is 3.27. The van der Waals surface area contributed by atoms with Crippen LogP contribution in [0.4, 0.5) is 0 Å². The number of benzene rings is 3. The number of aryl methyl sites for hydroxylation is 1. The van der Waals surface area contributed by atoms with Crippen molar-refractivity contribution < 1.29 is 67.8 Å². The lowest BCUT2D eigenvalue weighted by Gasteiger charge is -2.67.